The van der Waals surface area contributed by atoms with E-state index >= 15 is 0 Å². The maximum absolute atomic E-state index is 12.7. The molecule has 17 heavy (non-hydrogen) atoms. The van der Waals surface area contributed by atoms with Crippen LogP contribution in [-0.4, -0.2) is 25.5 Å². The van der Waals surface area contributed by atoms with E-state index in [1.807, 2.05) is 6.92 Å². The number of hydrogen-bond acceptors (Lipinski definition) is 3. The summed E-state index contributed by atoms with van der Waals surface area (Å²) in [5.41, 5.74) is 1.28. The second-order valence-corrected chi connectivity index (χ2v) is 4.29. The van der Waals surface area contributed by atoms with Crippen molar-refractivity contribution in [1.82, 2.24) is 19.6 Å². The molecule has 0 aromatic carbocycles. The number of rotatable bonds is 3. The summed E-state index contributed by atoms with van der Waals surface area (Å²) in [6.07, 6.45) is 0.0354. The van der Waals surface area contributed by atoms with Crippen molar-refractivity contribution in [2.24, 2.45) is 0 Å². The lowest BCUT2D eigenvalue weighted by Gasteiger charge is -2.07. The smallest absolute Gasteiger partial charge is 0.219 e. The van der Waals surface area contributed by atoms with Gasteiger partial charge >= 0.3 is 0 Å². The Labute approximate surface area is 97.7 Å². The van der Waals surface area contributed by atoms with Crippen LogP contribution in [0.4, 0.5) is 8.78 Å². The molecule has 0 amide bonds. The monoisotopic (exact) mass is 240 g/mol. The van der Waals surface area contributed by atoms with E-state index in [1.54, 1.807) is 17.5 Å². The third-order valence-corrected chi connectivity index (χ3v) is 2.47. The second-order valence-electron chi connectivity index (χ2n) is 4.29. The molecule has 0 radical (unpaired) electrons. The molecular formula is C11H14F2N4. The van der Waals surface area contributed by atoms with Crippen LogP contribution < -0.4 is 0 Å². The highest BCUT2D eigenvalue weighted by atomic mass is 19.3. The van der Waals surface area contributed by atoms with E-state index in [1.165, 1.54) is 0 Å². The van der Waals surface area contributed by atoms with Crippen molar-refractivity contribution >= 4 is 5.65 Å². The van der Waals surface area contributed by atoms with Crippen LogP contribution in [-0.2, 0) is 6.42 Å². The minimum atomic E-state index is -2.66. The predicted octanol–water partition coefficient (Wildman–Crippen LogP) is 2.33. The van der Waals surface area contributed by atoms with E-state index in [4.69, 9.17) is 0 Å². The van der Waals surface area contributed by atoms with Gasteiger partial charge < -0.3 is 0 Å². The summed E-state index contributed by atoms with van der Waals surface area (Å²) in [6, 6.07) is 1.73. The Morgan fingerprint density at radius 1 is 1.29 bits per heavy atom. The van der Waals surface area contributed by atoms with Gasteiger partial charge in [-0.15, -0.1) is 0 Å². The average Bonchev–Trinajstić information content (AvgIpc) is 2.56. The molecule has 2 heterocycles. The third kappa shape index (κ3) is 2.75. The lowest BCUT2D eigenvalue weighted by Crippen LogP contribution is -2.10. The van der Waals surface area contributed by atoms with Crippen LogP contribution in [0.15, 0.2) is 6.07 Å². The standard InChI is InChI=1S/C11H14F2N4/c1-7-14-8(2)17-10(15-7)6-9(16-17)4-5-11(3,12)13/h6H,4-5H2,1-3H3. The predicted molar refractivity (Wildman–Crippen MR) is 59.2 cm³/mol. The van der Waals surface area contributed by atoms with Crippen LogP contribution in [0.3, 0.4) is 0 Å². The fraction of sp³-hybridized carbons (Fsp3) is 0.545. The first-order chi connectivity index (χ1) is 7.85. The molecule has 0 spiro atoms. The van der Waals surface area contributed by atoms with Gasteiger partial charge in [-0.05, 0) is 27.2 Å². The van der Waals surface area contributed by atoms with E-state index in [9.17, 15) is 8.78 Å². The maximum atomic E-state index is 12.7. The summed E-state index contributed by atoms with van der Waals surface area (Å²) in [5.74, 6) is -1.30. The Morgan fingerprint density at radius 2 is 2.00 bits per heavy atom. The van der Waals surface area contributed by atoms with Crippen LogP contribution in [0.5, 0.6) is 0 Å². The molecule has 0 aliphatic rings. The van der Waals surface area contributed by atoms with Crippen molar-refractivity contribution in [3.05, 3.63) is 23.4 Å². The molecule has 92 valence electrons. The van der Waals surface area contributed by atoms with Gasteiger partial charge in [-0.25, -0.2) is 23.3 Å². The Hall–Kier alpha value is -1.59. The molecule has 0 N–H and O–H groups in total. The Bertz CT molecular complexity index is 542. The summed E-state index contributed by atoms with van der Waals surface area (Å²) >= 11 is 0. The molecular weight excluding hydrogens is 226 g/mol. The van der Waals surface area contributed by atoms with Gasteiger partial charge in [0.1, 0.15) is 11.6 Å². The molecule has 0 atom stereocenters. The maximum Gasteiger partial charge on any atom is 0.245 e. The third-order valence-electron chi connectivity index (χ3n) is 2.47. The Morgan fingerprint density at radius 3 is 2.65 bits per heavy atom. The normalized spacial score (nSPS) is 12.3. The molecule has 0 fully saturated rings. The molecule has 0 aliphatic carbocycles. The van der Waals surface area contributed by atoms with Crippen LogP contribution in [0.2, 0.25) is 0 Å². The minimum absolute atomic E-state index is 0.206. The molecule has 0 unspecified atom stereocenters. The number of aryl methyl sites for hydroxylation is 3. The first-order valence-electron chi connectivity index (χ1n) is 5.43. The fourth-order valence-electron chi connectivity index (χ4n) is 1.68. The highest BCUT2D eigenvalue weighted by Crippen LogP contribution is 2.19. The van der Waals surface area contributed by atoms with Gasteiger partial charge in [-0.3, -0.25) is 0 Å². The molecule has 4 nitrogen and oxygen atoms in total. The molecule has 6 heteroatoms. The van der Waals surface area contributed by atoms with Crippen LogP contribution in [0.1, 0.15) is 30.7 Å². The molecule has 0 bridgehead atoms. The van der Waals surface area contributed by atoms with E-state index in [0.717, 1.165) is 6.92 Å². The highest BCUT2D eigenvalue weighted by Gasteiger charge is 2.21. The van der Waals surface area contributed by atoms with Crippen molar-refractivity contribution in [1.29, 1.82) is 0 Å². The first-order valence-corrected chi connectivity index (χ1v) is 5.43. The average molecular weight is 240 g/mol. The Balaban J connectivity index is 2.29. The zero-order valence-electron chi connectivity index (χ0n) is 10.0. The summed E-state index contributed by atoms with van der Waals surface area (Å²) in [4.78, 5) is 8.37. The minimum Gasteiger partial charge on any atom is -0.219 e. The largest absolute Gasteiger partial charge is 0.245 e. The molecule has 2 aromatic heterocycles. The SMILES string of the molecule is Cc1nc(C)n2nc(CCC(C)(F)F)cc2n1. The summed E-state index contributed by atoms with van der Waals surface area (Å²) in [5, 5.41) is 4.21. The van der Waals surface area contributed by atoms with E-state index in [2.05, 4.69) is 15.1 Å². The lowest BCUT2D eigenvalue weighted by atomic mass is 10.1. The molecule has 0 aliphatic heterocycles. The fourth-order valence-corrected chi connectivity index (χ4v) is 1.68. The number of fused-ring (bicyclic) bond motifs is 1. The molecule has 0 saturated carbocycles. The van der Waals surface area contributed by atoms with Crippen molar-refractivity contribution in [2.45, 2.75) is 39.5 Å². The van der Waals surface area contributed by atoms with Gasteiger partial charge in [0.2, 0.25) is 5.92 Å². The first kappa shape index (κ1) is 11.9. The van der Waals surface area contributed by atoms with Gasteiger partial charge in [0.05, 0.1) is 5.69 Å². The summed E-state index contributed by atoms with van der Waals surface area (Å²) in [6.45, 7) is 4.52. The summed E-state index contributed by atoms with van der Waals surface area (Å²) in [7, 11) is 0. The lowest BCUT2D eigenvalue weighted by molar-refractivity contribution is 0.0130. The number of hydrogen-bond donors (Lipinski definition) is 0. The quantitative estimate of drug-likeness (QED) is 0.827. The second kappa shape index (κ2) is 4.01. The van der Waals surface area contributed by atoms with Gasteiger partial charge in [-0.1, -0.05) is 0 Å². The van der Waals surface area contributed by atoms with Crippen LogP contribution in [0, 0.1) is 13.8 Å². The summed E-state index contributed by atoms with van der Waals surface area (Å²) < 4.78 is 27.1. The number of aromatic nitrogens is 4. The highest BCUT2D eigenvalue weighted by molar-refractivity contribution is 5.39. The van der Waals surface area contributed by atoms with Crippen molar-refractivity contribution in [2.75, 3.05) is 0 Å². The van der Waals surface area contributed by atoms with Crippen LogP contribution >= 0.6 is 0 Å². The van der Waals surface area contributed by atoms with E-state index < -0.39 is 5.92 Å². The Kier molecular flexibility index (Phi) is 2.81. The molecule has 0 saturated heterocycles. The number of alkyl halides is 2. The van der Waals surface area contributed by atoms with Gasteiger partial charge in [0.15, 0.2) is 5.65 Å². The van der Waals surface area contributed by atoms with Gasteiger partial charge in [-0.2, -0.15) is 5.10 Å². The van der Waals surface area contributed by atoms with Gasteiger partial charge in [0.25, 0.3) is 0 Å². The number of halogens is 2. The molecule has 2 rings (SSSR count). The van der Waals surface area contributed by atoms with Crippen molar-refractivity contribution in [3.63, 3.8) is 0 Å². The van der Waals surface area contributed by atoms with E-state index in [0.29, 0.717) is 23.0 Å². The van der Waals surface area contributed by atoms with Crippen molar-refractivity contribution < 1.29 is 8.78 Å². The topological polar surface area (TPSA) is 43.1 Å². The molecule has 2 aromatic rings. The van der Waals surface area contributed by atoms with E-state index in [-0.39, 0.29) is 12.8 Å². The van der Waals surface area contributed by atoms with Crippen LogP contribution in [0.25, 0.3) is 5.65 Å². The zero-order valence-corrected chi connectivity index (χ0v) is 10.0. The zero-order chi connectivity index (χ0) is 12.6. The van der Waals surface area contributed by atoms with Gasteiger partial charge in [0, 0.05) is 12.5 Å². The number of nitrogens with zero attached hydrogens (tertiary/aromatic N) is 4. The van der Waals surface area contributed by atoms with Crippen molar-refractivity contribution in [3.8, 4) is 0 Å².